The average molecular weight is 284 g/mol. The van der Waals surface area contributed by atoms with Crippen molar-refractivity contribution in [1.29, 1.82) is 0 Å². The summed E-state index contributed by atoms with van der Waals surface area (Å²) in [4.78, 5) is 16.3. The minimum Gasteiger partial charge on any atom is -0.379 e. The Morgan fingerprint density at radius 1 is 1.35 bits per heavy atom. The van der Waals surface area contributed by atoms with Crippen LogP contribution in [0, 0.1) is 0 Å². The van der Waals surface area contributed by atoms with E-state index in [1.807, 2.05) is 0 Å². The summed E-state index contributed by atoms with van der Waals surface area (Å²) in [6, 6.07) is 3.31. The number of halogens is 3. The zero-order valence-corrected chi connectivity index (χ0v) is 10.4. The highest BCUT2D eigenvalue weighted by molar-refractivity contribution is 5.81. The van der Waals surface area contributed by atoms with Crippen molar-refractivity contribution in [2.24, 2.45) is 0 Å². The van der Waals surface area contributed by atoms with E-state index < -0.39 is 17.3 Å². The van der Waals surface area contributed by atoms with Gasteiger partial charge in [0.15, 0.2) is 0 Å². The molecule has 1 aromatic heterocycles. The molecule has 0 saturated carbocycles. The van der Waals surface area contributed by atoms with Gasteiger partial charge in [0, 0.05) is 6.61 Å². The molecule has 0 N–H and O–H groups in total. The van der Waals surface area contributed by atoms with Crippen LogP contribution in [0.4, 0.5) is 13.2 Å². The van der Waals surface area contributed by atoms with Crippen LogP contribution >= 0.6 is 0 Å². The maximum absolute atomic E-state index is 13.0. The lowest BCUT2D eigenvalue weighted by Crippen LogP contribution is -2.27. The van der Waals surface area contributed by atoms with Gasteiger partial charge in [-0.25, -0.2) is 4.98 Å². The molecule has 1 aliphatic heterocycles. The Balaban J connectivity index is 2.28. The van der Waals surface area contributed by atoms with Gasteiger partial charge < -0.3 is 4.74 Å². The van der Waals surface area contributed by atoms with Crippen molar-refractivity contribution < 1.29 is 17.9 Å². The fourth-order valence-corrected chi connectivity index (χ4v) is 2.42. The Hall–Kier alpha value is -1.89. The highest BCUT2D eigenvalue weighted by atomic mass is 19.4. The third-order valence-corrected chi connectivity index (χ3v) is 3.42. The Morgan fingerprint density at radius 3 is 2.80 bits per heavy atom. The molecule has 1 atom stereocenters. The van der Waals surface area contributed by atoms with E-state index in [-0.39, 0.29) is 16.9 Å². The topological polar surface area (TPSA) is 44.1 Å². The van der Waals surface area contributed by atoms with E-state index in [1.165, 1.54) is 23.0 Å². The largest absolute Gasteiger partial charge is 0.417 e. The van der Waals surface area contributed by atoms with Crippen LogP contribution in [0.3, 0.4) is 0 Å². The second kappa shape index (κ2) is 4.59. The molecule has 0 spiro atoms. The van der Waals surface area contributed by atoms with Crippen LogP contribution < -0.4 is 5.56 Å². The summed E-state index contributed by atoms with van der Waals surface area (Å²) >= 11 is 0. The molecule has 1 fully saturated rings. The number of fused-ring (bicyclic) bond motifs is 1. The summed E-state index contributed by atoms with van der Waals surface area (Å²) in [6.07, 6.45) is -2.68. The fraction of sp³-hybridized carbons (Fsp3) is 0.385. The number of alkyl halides is 3. The third kappa shape index (κ3) is 2.07. The predicted molar refractivity (Wildman–Crippen MR) is 65.5 cm³/mol. The first-order valence-electron chi connectivity index (χ1n) is 6.13. The van der Waals surface area contributed by atoms with Crippen LogP contribution in [0.1, 0.15) is 18.0 Å². The van der Waals surface area contributed by atoms with Gasteiger partial charge in [-0.2, -0.15) is 13.2 Å². The summed E-state index contributed by atoms with van der Waals surface area (Å²) in [7, 11) is 0. The highest BCUT2D eigenvalue weighted by Crippen LogP contribution is 2.33. The fourth-order valence-electron chi connectivity index (χ4n) is 2.42. The van der Waals surface area contributed by atoms with Crippen molar-refractivity contribution in [1.82, 2.24) is 9.55 Å². The molecule has 1 unspecified atom stereocenters. The zero-order chi connectivity index (χ0) is 14.3. The van der Waals surface area contributed by atoms with Crippen LogP contribution in [0.15, 0.2) is 29.3 Å². The maximum Gasteiger partial charge on any atom is 0.417 e. The molecule has 0 amide bonds. The van der Waals surface area contributed by atoms with Gasteiger partial charge in [-0.3, -0.25) is 9.36 Å². The van der Waals surface area contributed by atoms with Crippen LogP contribution in [0.25, 0.3) is 10.9 Å². The van der Waals surface area contributed by atoms with Gasteiger partial charge in [0.25, 0.3) is 5.56 Å². The van der Waals surface area contributed by atoms with E-state index in [1.54, 1.807) is 0 Å². The minimum atomic E-state index is -4.58. The van der Waals surface area contributed by atoms with Crippen molar-refractivity contribution in [3.63, 3.8) is 0 Å². The Bertz CT molecular complexity index is 703. The summed E-state index contributed by atoms with van der Waals surface area (Å²) in [6.45, 7) is 0.817. The maximum atomic E-state index is 13.0. The SMILES string of the molecule is O=c1c2c(C(F)(F)F)cccc2ncn1C1CCOC1. The monoisotopic (exact) mass is 284 g/mol. The summed E-state index contributed by atoms with van der Waals surface area (Å²) < 4.78 is 45.4. The standard InChI is InChI=1S/C13H11F3N2O2/c14-13(15,16)9-2-1-3-10-11(9)12(19)18(7-17-10)8-4-5-20-6-8/h1-3,7-8H,4-6H2. The molecule has 0 radical (unpaired) electrons. The van der Waals surface area contributed by atoms with Gasteiger partial charge in [-0.1, -0.05) is 6.07 Å². The lowest BCUT2D eigenvalue weighted by atomic mass is 10.1. The molecule has 1 saturated heterocycles. The lowest BCUT2D eigenvalue weighted by Gasteiger charge is -2.14. The van der Waals surface area contributed by atoms with E-state index in [9.17, 15) is 18.0 Å². The van der Waals surface area contributed by atoms with Crippen molar-refractivity contribution in [2.75, 3.05) is 13.2 Å². The number of nitrogens with zero attached hydrogens (tertiary/aromatic N) is 2. The molecule has 0 bridgehead atoms. The van der Waals surface area contributed by atoms with Crippen LogP contribution in [0.5, 0.6) is 0 Å². The van der Waals surface area contributed by atoms with Crippen molar-refractivity contribution in [3.05, 3.63) is 40.4 Å². The van der Waals surface area contributed by atoms with Gasteiger partial charge >= 0.3 is 6.18 Å². The van der Waals surface area contributed by atoms with Gasteiger partial charge in [0.2, 0.25) is 0 Å². The number of ether oxygens (including phenoxy) is 1. The number of hydrogen-bond donors (Lipinski definition) is 0. The summed E-state index contributed by atoms with van der Waals surface area (Å²) in [5.74, 6) is 0. The minimum absolute atomic E-state index is 0.0555. The smallest absolute Gasteiger partial charge is 0.379 e. The van der Waals surface area contributed by atoms with E-state index in [2.05, 4.69) is 4.98 Å². The zero-order valence-electron chi connectivity index (χ0n) is 10.4. The molecule has 1 aromatic carbocycles. The molecule has 4 nitrogen and oxygen atoms in total. The van der Waals surface area contributed by atoms with Gasteiger partial charge in [0.1, 0.15) is 0 Å². The summed E-state index contributed by atoms with van der Waals surface area (Å²) in [5, 5.41) is -0.380. The Labute approximate surface area is 111 Å². The quantitative estimate of drug-likeness (QED) is 0.807. The van der Waals surface area contributed by atoms with E-state index in [0.717, 1.165) is 6.07 Å². The molecule has 3 rings (SSSR count). The van der Waals surface area contributed by atoms with Gasteiger partial charge in [-0.15, -0.1) is 0 Å². The third-order valence-electron chi connectivity index (χ3n) is 3.42. The highest BCUT2D eigenvalue weighted by Gasteiger charge is 2.34. The molecule has 2 aromatic rings. The van der Waals surface area contributed by atoms with E-state index in [4.69, 9.17) is 4.74 Å². The van der Waals surface area contributed by atoms with Crippen molar-refractivity contribution in [3.8, 4) is 0 Å². The van der Waals surface area contributed by atoms with Gasteiger partial charge in [0.05, 0.1) is 35.4 Å². The normalized spacial score (nSPS) is 19.6. The second-order valence-corrected chi connectivity index (χ2v) is 4.67. The molecule has 0 aliphatic carbocycles. The second-order valence-electron chi connectivity index (χ2n) is 4.67. The first-order valence-corrected chi connectivity index (χ1v) is 6.13. The molecule has 20 heavy (non-hydrogen) atoms. The Morgan fingerprint density at radius 2 is 2.15 bits per heavy atom. The Kier molecular flexibility index (Phi) is 3.01. The molecule has 2 heterocycles. The molecular formula is C13H11F3N2O2. The van der Waals surface area contributed by atoms with Gasteiger partial charge in [-0.05, 0) is 18.6 Å². The molecule has 1 aliphatic rings. The molecule has 106 valence electrons. The number of aromatic nitrogens is 2. The number of rotatable bonds is 1. The first kappa shape index (κ1) is 13.1. The number of benzene rings is 1. The van der Waals surface area contributed by atoms with E-state index >= 15 is 0 Å². The lowest BCUT2D eigenvalue weighted by molar-refractivity contribution is -0.136. The molecular weight excluding hydrogens is 273 g/mol. The average Bonchev–Trinajstić information content (AvgIpc) is 2.91. The van der Waals surface area contributed by atoms with Crippen molar-refractivity contribution in [2.45, 2.75) is 18.6 Å². The first-order chi connectivity index (χ1) is 9.48. The van der Waals surface area contributed by atoms with E-state index in [0.29, 0.717) is 19.6 Å². The van der Waals surface area contributed by atoms with Crippen LogP contribution in [-0.2, 0) is 10.9 Å². The summed E-state index contributed by atoms with van der Waals surface area (Å²) in [5.41, 5.74) is -1.56. The predicted octanol–water partition coefficient (Wildman–Crippen LogP) is 2.38. The van der Waals surface area contributed by atoms with Crippen LogP contribution in [0.2, 0.25) is 0 Å². The number of hydrogen-bond acceptors (Lipinski definition) is 3. The molecule has 7 heteroatoms. The van der Waals surface area contributed by atoms with Crippen molar-refractivity contribution >= 4 is 10.9 Å². The van der Waals surface area contributed by atoms with Crippen LogP contribution in [-0.4, -0.2) is 22.8 Å².